The first kappa shape index (κ1) is 36.8. The van der Waals surface area contributed by atoms with Gasteiger partial charge in [-0.15, -0.1) is 0 Å². The summed E-state index contributed by atoms with van der Waals surface area (Å²) in [6.07, 6.45) is 2.38. The van der Waals surface area contributed by atoms with Crippen LogP contribution in [0.3, 0.4) is 0 Å². The number of aliphatic carboxylic acids is 2. The number of rotatable bonds is 7. The normalized spacial score (nSPS) is 23.0. The van der Waals surface area contributed by atoms with E-state index in [1.54, 1.807) is 21.3 Å². The van der Waals surface area contributed by atoms with E-state index in [4.69, 9.17) is 23.7 Å². The largest absolute Gasteiger partial charge is 0.495 e. The van der Waals surface area contributed by atoms with Crippen LogP contribution in [-0.4, -0.2) is 92.7 Å². The summed E-state index contributed by atoms with van der Waals surface area (Å²) in [7, 11) is 8.89. The fourth-order valence-corrected chi connectivity index (χ4v) is 9.32. The summed E-state index contributed by atoms with van der Waals surface area (Å²) in [6, 6.07) is 19.3. The Bertz CT molecular complexity index is 2090. The second-order valence-electron chi connectivity index (χ2n) is 14.8. The van der Waals surface area contributed by atoms with E-state index in [0.29, 0.717) is 83.5 Å². The maximum Gasteiger partial charge on any atom is 0.359 e. The molecule has 278 valence electrons. The molecule has 2 N–H and O–H groups in total. The molecular formula is C41H45IN2O9+2. The Morgan fingerprint density at radius 3 is 1.92 bits per heavy atom. The quantitative estimate of drug-likeness (QED) is 0.151. The molecule has 8 rings (SSSR count). The number of halogens is 1. The first-order chi connectivity index (χ1) is 25.3. The number of fused-ring (bicyclic) bond motifs is 2. The van der Waals surface area contributed by atoms with Crippen LogP contribution < -0.4 is 23.7 Å². The SMILES string of the molecule is COc1ccc2cc1Oc1ccc(cc1)CC1c3cc(c(OC)cc3CC[N+]1(C)CC(=O)O)Oc1c(I)c(OC)cc3c1C(C2)[N+](C)(CC(=O)O)CC3. The van der Waals surface area contributed by atoms with Gasteiger partial charge >= 0.3 is 11.9 Å². The molecule has 0 amide bonds. The average Bonchev–Trinajstić information content (AvgIpc) is 3.11. The zero-order valence-electron chi connectivity index (χ0n) is 30.6. The van der Waals surface area contributed by atoms with Crippen molar-refractivity contribution in [2.45, 2.75) is 37.8 Å². The second kappa shape index (κ2) is 14.4. The second-order valence-corrected chi connectivity index (χ2v) is 15.9. The Kier molecular flexibility index (Phi) is 9.98. The first-order valence-corrected chi connectivity index (χ1v) is 18.8. The van der Waals surface area contributed by atoms with E-state index >= 15 is 0 Å². The van der Waals surface area contributed by atoms with E-state index in [9.17, 15) is 19.8 Å². The number of hydrogen-bond donors (Lipinski definition) is 2. The fraction of sp³-hybridized carbons (Fsp3) is 0.366. The molecule has 4 heterocycles. The number of benzene rings is 4. The molecule has 0 spiro atoms. The number of ether oxygens (including phenoxy) is 5. The molecule has 4 aromatic rings. The van der Waals surface area contributed by atoms with Crippen LogP contribution in [0.25, 0.3) is 0 Å². The maximum atomic E-state index is 12.5. The van der Waals surface area contributed by atoms with Crippen molar-refractivity contribution in [2.24, 2.45) is 0 Å². The Morgan fingerprint density at radius 1 is 0.717 bits per heavy atom. The predicted molar refractivity (Wildman–Crippen MR) is 206 cm³/mol. The van der Waals surface area contributed by atoms with Crippen molar-refractivity contribution in [1.29, 1.82) is 0 Å². The third kappa shape index (κ3) is 6.99. The van der Waals surface area contributed by atoms with Gasteiger partial charge in [-0.3, -0.25) is 0 Å². The Labute approximate surface area is 322 Å². The van der Waals surface area contributed by atoms with Crippen LogP contribution in [0.2, 0.25) is 0 Å². The van der Waals surface area contributed by atoms with Crippen molar-refractivity contribution in [3.05, 3.63) is 97.6 Å². The summed E-state index contributed by atoms with van der Waals surface area (Å²) in [4.78, 5) is 24.8. The van der Waals surface area contributed by atoms with Crippen molar-refractivity contribution in [2.75, 3.05) is 61.6 Å². The number of nitrogens with zero attached hydrogens (tertiary/aromatic N) is 2. The predicted octanol–water partition coefficient (Wildman–Crippen LogP) is 6.96. The summed E-state index contributed by atoms with van der Waals surface area (Å²) in [5, 5.41) is 20.3. The van der Waals surface area contributed by atoms with Gasteiger partial charge < -0.3 is 42.9 Å². The van der Waals surface area contributed by atoms with Gasteiger partial charge in [-0.05, 0) is 87.3 Å². The monoisotopic (exact) mass is 836 g/mol. The van der Waals surface area contributed by atoms with Gasteiger partial charge in [0.25, 0.3) is 0 Å². The Balaban J connectivity index is 1.50. The summed E-state index contributed by atoms with van der Waals surface area (Å²) in [6.45, 7) is 1.13. The first-order valence-electron chi connectivity index (χ1n) is 17.7. The van der Waals surface area contributed by atoms with E-state index in [-0.39, 0.29) is 29.7 Å². The topological polar surface area (TPSA) is 121 Å². The third-order valence-corrected chi connectivity index (χ3v) is 12.4. The molecule has 4 aliphatic heterocycles. The summed E-state index contributed by atoms with van der Waals surface area (Å²) < 4.78 is 32.5. The molecule has 0 radical (unpaired) electrons. The van der Waals surface area contributed by atoms with Crippen LogP contribution in [0.15, 0.2) is 60.7 Å². The van der Waals surface area contributed by atoms with Gasteiger partial charge in [-0.1, -0.05) is 18.2 Å². The Morgan fingerprint density at radius 2 is 1.28 bits per heavy atom. The standard InChI is InChI=1S/C41H43IN2O9/c1-43(22-37(45)46)14-12-26-19-33(50-4)35-21-29(26)30(43)16-24-6-9-28(10-7-24)52-34-18-25(8-11-32(34)49-3)17-31-39-27(13-15-44(31,2)23-38(47)48)20-36(51-5)40(42)41(39)53-35/h6-11,18-21,30-31H,12-17,22-23H2,1-5H3/p+2. The van der Waals surface area contributed by atoms with Gasteiger partial charge in [0.2, 0.25) is 0 Å². The van der Waals surface area contributed by atoms with E-state index in [0.717, 1.165) is 37.0 Å². The van der Waals surface area contributed by atoms with Crippen LogP contribution in [0.5, 0.6) is 40.2 Å². The fourth-order valence-electron chi connectivity index (χ4n) is 8.54. The molecule has 0 fully saturated rings. The molecule has 4 unspecified atom stereocenters. The number of quaternary nitrogens is 2. The molecule has 4 aromatic carbocycles. The smallest absolute Gasteiger partial charge is 0.359 e. The molecule has 11 nitrogen and oxygen atoms in total. The molecule has 0 saturated carbocycles. The minimum absolute atomic E-state index is 0.0350. The number of hydrogen-bond acceptors (Lipinski definition) is 7. The van der Waals surface area contributed by atoms with E-state index in [2.05, 4.69) is 22.6 Å². The molecule has 6 bridgehead atoms. The highest BCUT2D eigenvalue weighted by Crippen LogP contribution is 2.51. The number of likely N-dealkylation sites (N-methyl/N-ethyl adjacent to an activating group) is 2. The zero-order chi connectivity index (χ0) is 37.7. The average molecular weight is 837 g/mol. The minimum Gasteiger partial charge on any atom is -0.495 e. The van der Waals surface area contributed by atoms with Crippen LogP contribution >= 0.6 is 22.6 Å². The highest BCUT2D eigenvalue weighted by molar-refractivity contribution is 14.1. The maximum absolute atomic E-state index is 12.5. The molecule has 53 heavy (non-hydrogen) atoms. The third-order valence-electron chi connectivity index (χ3n) is 11.4. The van der Waals surface area contributed by atoms with Crippen molar-refractivity contribution in [3.8, 4) is 40.2 Å². The van der Waals surface area contributed by atoms with Gasteiger partial charge in [0.05, 0.1) is 57.6 Å². The van der Waals surface area contributed by atoms with Crippen LogP contribution in [0.1, 0.15) is 45.5 Å². The molecule has 0 aliphatic carbocycles. The number of carbonyl (C=O) groups is 2. The van der Waals surface area contributed by atoms with Crippen molar-refractivity contribution in [1.82, 2.24) is 0 Å². The highest BCUT2D eigenvalue weighted by atomic mass is 127. The van der Waals surface area contributed by atoms with Gasteiger partial charge in [0, 0.05) is 31.2 Å². The van der Waals surface area contributed by atoms with Gasteiger partial charge in [-0.25, -0.2) is 9.59 Å². The summed E-state index contributed by atoms with van der Waals surface area (Å²) >= 11 is 2.26. The number of carboxylic acids is 2. The number of methoxy groups -OCH3 is 3. The molecular weight excluding hydrogens is 791 g/mol. The Hall–Kier alpha value is -4.53. The van der Waals surface area contributed by atoms with Crippen molar-refractivity contribution in [3.63, 3.8) is 0 Å². The van der Waals surface area contributed by atoms with Gasteiger partial charge in [0.15, 0.2) is 41.8 Å². The molecule has 0 saturated heterocycles. The molecule has 4 atom stereocenters. The number of carboxylic acid groups (broad SMARTS) is 2. The zero-order valence-corrected chi connectivity index (χ0v) is 32.8. The summed E-state index contributed by atoms with van der Waals surface area (Å²) in [5.74, 6) is 2.34. The van der Waals surface area contributed by atoms with Crippen molar-refractivity contribution >= 4 is 34.5 Å². The van der Waals surface area contributed by atoms with Crippen molar-refractivity contribution < 1.29 is 52.5 Å². The van der Waals surface area contributed by atoms with E-state index < -0.39 is 11.9 Å². The lowest BCUT2D eigenvalue weighted by atomic mass is 9.85. The van der Waals surface area contributed by atoms with E-state index in [1.807, 2.05) is 74.8 Å². The molecule has 4 aliphatic rings. The van der Waals surface area contributed by atoms with Gasteiger partial charge in [0.1, 0.15) is 23.6 Å². The summed E-state index contributed by atoms with van der Waals surface area (Å²) in [5.41, 5.74) is 6.04. The van der Waals surface area contributed by atoms with Crippen LogP contribution in [-0.2, 0) is 35.3 Å². The lowest BCUT2D eigenvalue weighted by Gasteiger charge is -2.45. The van der Waals surface area contributed by atoms with E-state index in [1.165, 1.54) is 0 Å². The minimum atomic E-state index is -0.881. The van der Waals surface area contributed by atoms with Gasteiger partial charge in [-0.2, -0.15) is 0 Å². The molecule has 12 heteroatoms. The lowest BCUT2D eigenvalue weighted by Crippen LogP contribution is -2.54. The van der Waals surface area contributed by atoms with Crippen LogP contribution in [0, 0.1) is 3.57 Å². The molecule has 0 aromatic heterocycles. The lowest BCUT2D eigenvalue weighted by molar-refractivity contribution is -0.934. The van der Waals surface area contributed by atoms with Crippen LogP contribution in [0.4, 0.5) is 0 Å². The highest BCUT2D eigenvalue weighted by Gasteiger charge is 2.45.